The van der Waals surface area contributed by atoms with E-state index in [1.807, 2.05) is 68.7 Å². The van der Waals surface area contributed by atoms with Crippen LogP contribution < -0.4 is 44.9 Å². The number of nitrogens with two attached hydrogens (primary N) is 5. The quantitative estimate of drug-likeness (QED) is 0.0764. The van der Waals surface area contributed by atoms with Crippen molar-refractivity contribution in [1.29, 1.82) is 0 Å². The second kappa shape index (κ2) is 25.1. The number of hydrogen-bond acceptors (Lipinski definition) is 15. The Bertz CT molecular complexity index is 3080. The van der Waals surface area contributed by atoms with Crippen molar-refractivity contribution in [2.75, 3.05) is 53.4 Å². The van der Waals surface area contributed by atoms with E-state index >= 15 is 0 Å². The van der Waals surface area contributed by atoms with Gasteiger partial charge in [-0.15, -0.1) is 0 Å². The van der Waals surface area contributed by atoms with E-state index < -0.39 is 0 Å². The van der Waals surface area contributed by atoms with Crippen molar-refractivity contribution < 1.29 is 18.6 Å². The van der Waals surface area contributed by atoms with Crippen molar-refractivity contribution in [1.82, 2.24) is 39.9 Å². The molecule has 331 valence electrons. The van der Waals surface area contributed by atoms with Gasteiger partial charge < -0.3 is 39.3 Å². The van der Waals surface area contributed by atoms with Crippen LogP contribution in [0.15, 0.2) is 115 Å². The fourth-order valence-corrected chi connectivity index (χ4v) is 7.04. The van der Waals surface area contributed by atoms with Crippen molar-refractivity contribution in [2.45, 2.75) is 14.4 Å². The number of rotatable bonds is 3. The van der Waals surface area contributed by atoms with Gasteiger partial charge in [0.2, 0.25) is 23.8 Å². The third-order valence-electron chi connectivity index (χ3n) is 8.71. The van der Waals surface area contributed by atoms with E-state index in [-0.39, 0.29) is 55.3 Å². The van der Waals surface area contributed by atoms with Gasteiger partial charge in [-0.2, -0.15) is 15.0 Å². The summed E-state index contributed by atoms with van der Waals surface area (Å²) in [5.74, 6) is 2.81. The predicted octanol–water partition coefficient (Wildman–Crippen LogP) is 10.5. The first-order chi connectivity index (χ1) is 29.7. The number of aromatic amines is 1. The molecule has 5 aromatic carbocycles. The summed E-state index contributed by atoms with van der Waals surface area (Å²) >= 11 is 14.2. The molecular formula is C42H42Br3I2N15OV. The Morgan fingerprint density at radius 3 is 1.48 bits per heavy atom. The Morgan fingerprint density at radius 1 is 0.547 bits per heavy atom. The van der Waals surface area contributed by atoms with Crippen LogP contribution >= 0.6 is 85.0 Å². The van der Waals surface area contributed by atoms with Gasteiger partial charge in [0.1, 0.15) is 17.5 Å². The Labute approximate surface area is 429 Å². The standard InChI is InChI=1S/C16H16N4.C9H9BrN4.C8H7BrN4.C8H6BrN3O.CH4.I2.V/c1-10-5-3-4-6-12(10)11-7-8-13-14(9-11)19-16(17)20-15(13)18-2;1-12-8-6-3-2-5(10)4-7(6)13-9(11)14-8;9-4-1-2-5-6(3-4)12-8(11)13-7(5)10;9-4-1-2-5-6(3-4)11-8(10)12-7(5)13;;1-2;/h3-9H,1-2H3,(H3,17,18,19,20);2-4H,1H3,(H3,11,12,13,14);1-3H,(H4,10,11,12,13);1-3H,(H3,10,11,12,13);1H4;;. The third-order valence-corrected chi connectivity index (χ3v) is 10.2. The molecule has 16 nitrogen and oxygen atoms in total. The Morgan fingerprint density at radius 2 is 0.969 bits per heavy atom. The first-order valence-corrected chi connectivity index (χ1v) is 26.7. The zero-order valence-electron chi connectivity index (χ0n) is 33.5. The number of benzene rings is 5. The monoisotopic (exact) mass is 1310 g/mol. The van der Waals surface area contributed by atoms with Crippen LogP contribution in [0.3, 0.4) is 0 Å². The second-order valence-electron chi connectivity index (χ2n) is 12.8. The van der Waals surface area contributed by atoms with E-state index in [1.165, 1.54) is 11.1 Å². The van der Waals surface area contributed by atoms with Crippen LogP contribution in [-0.2, 0) is 18.6 Å². The van der Waals surface area contributed by atoms with Crippen molar-refractivity contribution in [3.8, 4) is 11.1 Å². The van der Waals surface area contributed by atoms with Gasteiger partial charge in [-0.05, 0) is 90.3 Å². The van der Waals surface area contributed by atoms with Gasteiger partial charge in [0, 0.05) is 99.5 Å². The van der Waals surface area contributed by atoms with Crippen molar-refractivity contribution >= 4 is 170 Å². The van der Waals surface area contributed by atoms with E-state index in [1.54, 1.807) is 18.2 Å². The number of hydrogen-bond donors (Lipinski definition) is 8. The molecule has 0 bridgehead atoms. The second-order valence-corrected chi connectivity index (χ2v) is 15.6. The topological polar surface area (TPSA) is 277 Å². The van der Waals surface area contributed by atoms with Crippen LogP contribution in [0.2, 0.25) is 0 Å². The van der Waals surface area contributed by atoms with Crippen molar-refractivity contribution in [3.63, 3.8) is 0 Å². The van der Waals surface area contributed by atoms with Gasteiger partial charge in [0.25, 0.3) is 5.56 Å². The van der Waals surface area contributed by atoms with E-state index in [0.29, 0.717) is 16.7 Å². The summed E-state index contributed by atoms with van der Waals surface area (Å²) in [5.41, 5.74) is 34.2. The summed E-state index contributed by atoms with van der Waals surface area (Å²) < 4.78 is 2.79. The predicted molar refractivity (Wildman–Crippen MR) is 290 cm³/mol. The molecule has 0 spiro atoms. The first kappa shape index (κ1) is 53.7. The van der Waals surface area contributed by atoms with Crippen LogP contribution in [0.25, 0.3) is 54.7 Å². The summed E-state index contributed by atoms with van der Waals surface area (Å²) in [5, 5.41) is 9.32. The van der Waals surface area contributed by atoms with Gasteiger partial charge in [-0.1, -0.05) is 85.5 Å². The molecular weight excluding hydrogens is 1280 g/mol. The minimum absolute atomic E-state index is 0. The number of halogens is 5. The van der Waals surface area contributed by atoms with Crippen LogP contribution in [0.5, 0.6) is 0 Å². The summed E-state index contributed by atoms with van der Waals surface area (Å²) in [7, 11) is 3.64. The van der Waals surface area contributed by atoms with Crippen molar-refractivity contribution in [3.05, 3.63) is 126 Å². The van der Waals surface area contributed by atoms with E-state index in [9.17, 15) is 4.79 Å². The van der Waals surface area contributed by atoms with E-state index in [4.69, 9.17) is 28.7 Å². The number of H-pyrrole nitrogens is 1. The molecule has 0 saturated carbocycles. The van der Waals surface area contributed by atoms with Gasteiger partial charge in [-0.3, -0.25) is 9.78 Å². The summed E-state index contributed by atoms with van der Waals surface area (Å²) in [6.45, 7) is 2.10. The molecule has 9 aromatic rings. The molecule has 0 fully saturated rings. The number of anilines is 7. The molecule has 0 saturated heterocycles. The number of aryl methyl sites for hydroxylation is 1. The Balaban J connectivity index is 0.000000225. The number of nitrogen functional groups attached to an aromatic ring is 5. The normalized spacial score (nSPS) is 10.0. The molecule has 1 radical (unpaired) electrons. The van der Waals surface area contributed by atoms with Gasteiger partial charge >= 0.3 is 0 Å². The Hall–Kier alpha value is -4.66. The number of fused-ring (bicyclic) bond motifs is 4. The molecule has 9 rings (SSSR count). The average molecular weight is 1320 g/mol. The molecule has 0 aliphatic carbocycles. The molecule has 22 heteroatoms. The van der Waals surface area contributed by atoms with E-state index in [2.05, 4.69) is 167 Å². The molecule has 0 aliphatic rings. The van der Waals surface area contributed by atoms with E-state index in [0.717, 1.165) is 63.3 Å². The summed E-state index contributed by atoms with van der Waals surface area (Å²) in [6, 6.07) is 31.1. The smallest absolute Gasteiger partial charge is 0.260 e. The van der Waals surface area contributed by atoms with Gasteiger partial charge in [-0.25, -0.2) is 19.9 Å². The number of nitrogens with one attached hydrogen (secondary N) is 3. The zero-order chi connectivity index (χ0) is 45.1. The average Bonchev–Trinajstić information content (AvgIpc) is 3.23. The van der Waals surface area contributed by atoms with Crippen LogP contribution in [0.4, 0.5) is 41.2 Å². The number of nitrogens with zero attached hydrogens (tertiary/aromatic N) is 7. The molecule has 64 heavy (non-hydrogen) atoms. The Kier molecular flexibility index (Phi) is 21.1. The van der Waals surface area contributed by atoms with Crippen LogP contribution in [-0.4, -0.2) is 54.0 Å². The first-order valence-electron chi connectivity index (χ1n) is 18.0. The minimum atomic E-state index is -0.213. The summed E-state index contributed by atoms with van der Waals surface area (Å²) in [4.78, 5) is 42.4. The molecule has 4 aromatic heterocycles. The maximum absolute atomic E-state index is 11.3. The van der Waals surface area contributed by atoms with Gasteiger partial charge in [0.05, 0.1) is 27.5 Å². The zero-order valence-corrected chi connectivity index (χ0v) is 44.0. The third kappa shape index (κ3) is 13.9. The SMILES string of the molecule is C.CNc1nc(N)nc2cc(-c3ccccc3C)ccc12.CNc1nc(N)nc2cc(Br)ccc12.II.Nc1nc(N)c2ccc(Br)cc2n1.Nc1nc2cc(Br)ccc2c(=O)[nH]1.[V]. The largest absolute Gasteiger partial charge is 0.383 e. The van der Waals surface area contributed by atoms with Gasteiger partial charge in [0.15, 0.2) is 0 Å². The molecule has 13 N–H and O–H groups in total. The summed E-state index contributed by atoms with van der Waals surface area (Å²) in [6.07, 6.45) is 0. The number of aromatic nitrogens is 8. The molecule has 4 heterocycles. The maximum atomic E-state index is 11.3. The molecule has 0 aliphatic heterocycles. The minimum Gasteiger partial charge on any atom is -0.383 e. The fraction of sp³-hybridized carbons (Fsp3) is 0.0952. The molecule has 0 atom stereocenters. The maximum Gasteiger partial charge on any atom is 0.260 e. The van der Waals surface area contributed by atoms with Crippen LogP contribution in [0, 0.1) is 6.92 Å². The molecule has 0 unspecified atom stereocenters. The molecule has 0 amide bonds. The fourth-order valence-electron chi connectivity index (χ4n) is 5.99. The van der Waals surface area contributed by atoms with Crippen LogP contribution in [0.1, 0.15) is 13.0 Å². The van der Waals surface area contributed by atoms with Crippen molar-refractivity contribution in [2.24, 2.45) is 0 Å².